The van der Waals surface area contributed by atoms with Gasteiger partial charge < -0.3 is 10.2 Å². The summed E-state index contributed by atoms with van der Waals surface area (Å²) in [5.74, 6) is -0.917. The van der Waals surface area contributed by atoms with Crippen molar-refractivity contribution in [1.82, 2.24) is 0 Å². The van der Waals surface area contributed by atoms with Crippen molar-refractivity contribution < 1.29 is 17.6 Å². The van der Waals surface area contributed by atoms with Crippen molar-refractivity contribution in [3.63, 3.8) is 0 Å². The van der Waals surface area contributed by atoms with Gasteiger partial charge in [0.1, 0.15) is 12.4 Å². The summed E-state index contributed by atoms with van der Waals surface area (Å²) in [7, 11) is -3.65. The third-order valence-electron chi connectivity index (χ3n) is 4.42. The molecule has 2 aromatic carbocycles. The molecule has 0 bridgehead atoms. The molecule has 6 nitrogen and oxygen atoms in total. The Morgan fingerprint density at radius 3 is 2.22 bits per heavy atom. The number of hydrogen-bond donors (Lipinski definition) is 1. The summed E-state index contributed by atoms with van der Waals surface area (Å²) in [4.78, 5) is 14.5. The standard InChI is InChI=1S/C19H22FN3O3S/c1-27(25,26)23(14-19(24)21-16-6-4-15(20)5-7-16)18-10-8-17(9-11-18)22-12-2-3-13-22/h4-11H,2-3,12-14H2,1H3,(H,21,24). The van der Waals surface area contributed by atoms with E-state index in [1.165, 1.54) is 24.3 Å². The smallest absolute Gasteiger partial charge is 0.245 e. The molecule has 1 heterocycles. The van der Waals surface area contributed by atoms with Crippen LogP contribution in [0, 0.1) is 5.82 Å². The Bertz CT molecular complexity index is 893. The maximum atomic E-state index is 13.0. The number of nitrogens with one attached hydrogen (secondary N) is 1. The van der Waals surface area contributed by atoms with E-state index in [2.05, 4.69) is 10.2 Å². The summed E-state index contributed by atoms with van der Waals surface area (Å²) < 4.78 is 38.4. The molecule has 27 heavy (non-hydrogen) atoms. The number of carbonyl (C=O) groups excluding carboxylic acids is 1. The van der Waals surface area contributed by atoms with Gasteiger partial charge in [-0.25, -0.2) is 12.8 Å². The number of sulfonamides is 1. The maximum absolute atomic E-state index is 13.0. The number of amides is 1. The minimum Gasteiger partial charge on any atom is -0.372 e. The van der Waals surface area contributed by atoms with Crippen molar-refractivity contribution >= 4 is 33.0 Å². The predicted molar refractivity (Wildman–Crippen MR) is 105 cm³/mol. The van der Waals surface area contributed by atoms with Gasteiger partial charge in [-0.05, 0) is 61.4 Å². The molecule has 0 radical (unpaired) electrons. The number of nitrogens with zero attached hydrogens (tertiary/aromatic N) is 2. The van der Waals surface area contributed by atoms with Gasteiger partial charge in [-0.1, -0.05) is 0 Å². The SMILES string of the molecule is CS(=O)(=O)N(CC(=O)Nc1ccc(F)cc1)c1ccc(N2CCCC2)cc1. The minimum absolute atomic E-state index is 0.362. The molecule has 0 unspecified atom stereocenters. The molecule has 2 aromatic rings. The van der Waals surface area contributed by atoms with Gasteiger partial charge in [0.05, 0.1) is 11.9 Å². The van der Waals surface area contributed by atoms with E-state index in [1.54, 1.807) is 12.1 Å². The maximum Gasteiger partial charge on any atom is 0.245 e. The first-order valence-corrected chi connectivity index (χ1v) is 10.6. The molecule has 0 aromatic heterocycles. The number of hydrogen-bond acceptors (Lipinski definition) is 4. The van der Waals surface area contributed by atoms with E-state index in [4.69, 9.17) is 0 Å². The molecule has 1 aliphatic heterocycles. The second kappa shape index (κ2) is 7.96. The fourth-order valence-electron chi connectivity index (χ4n) is 3.07. The van der Waals surface area contributed by atoms with Gasteiger partial charge in [-0.2, -0.15) is 0 Å². The van der Waals surface area contributed by atoms with Crippen molar-refractivity contribution in [2.24, 2.45) is 0 Å². The van der Waals surface area contributed by atoms with Crippen LogP contribution in [0.4, 0.5) is 21.5 Å². The largest absolute Gasteiger partial charge is 0.372 e. The highest BCUT2D eigenvalue weighted by Crippen LogP contribution is 2.25. The van der Waals surface area contributed by atoms with E-state index in [0.717, 1.165) is 42.2 Å². The molecule has 1 aliphatic rings. The monoisotopic (exact) mass is 391 g/mol. The van der Waals surface area contributed by atoms with Crippen LogP contribution in [0.2, 0.25) is 0 Å². The Kier molecular flexibility index (Phi) is 5.65. The highest BCUT2D eigenvalue weighted by Gasteiger charge is 2.21. The first kappa shape index (κ1) is 19.2. The average Bonchev–Trinajstić information content (AvgIpc) is 3.16. The van der Waals surface area contributed by atoms with Crippen LogP contribution in [0.25, 0.3) is 0 Å². The van der Waals surface area contributed by atoms with E-state index >= 15 is 0 Å². The van der Waals surface area contributed by atoms with Crippen LogP contribution >= 0.6 is 0 Å². The van der Waals surface area contributed by atoms with E-state index in [0.29, 0.717) is 11.4 Å². The third kappa shape index (κ3) is 4.97. The number of anilines is 3. The van der Waals surface area contributed by atoms with Gasteiger partial charge in [0, 0.05) is 24.5 Å². The van der Waals surface area contributed by atoms with Crippen LogP contribution in [-0.2, 0) is 14.8 Å². The lowest BCUT2D eigenvalue weighted by Crippen LogP contribution is -2.37. The molecular formula is C19H22FN3O3S. The van der Waals surface area contributed by atoms with Crippen LogP contribution in [0.1, 0.15) is 12.8 Å². The number of halogens is 1. The number of carbonyl (C=O) groups is 1. The van der Waals surface area contributed by atoms with Crippen LogP contribution < -0.4 is 14.5 Å². The Balaban J connectivity index is 1.73. The van der Waals surface area contributed by atoms with Crippen LogP contribution in [0.15, 0.2) is 48.5 Å². The van der Waals surface area contributed by atoms with Crippen molar-refractivity contribution in [2.75, 3.05) is 40.4 Å². The first-order chi connectivity index (χ1) is 12.8. The Hall–Kier alpha value is -2.61. The zero-order valence-corrected chi connectivity index (χ0v) is 15.9. The average molecular weight is 391 g/mol. The van der Waals surface area contributed by atoms with Crippen molar-refractivity contribution in [3.8, 4) is 0 Å². The number of rotatable bonds is 6. The second-order valence-corrected chi connectivity index (χ2v) is 8.44. The predicted octanol–water partition coefficient (Wildman–Crippen LogP) is 2.83. The molecule has 8 heteroatoms. The summed E-state index contributed by atoms with van der Waals surface area (Å²) in [6.07, 6.45) is 3.37. The summed E-state index contributed by atoms with van der Waals surface area (Å²) in [6.45, 7) is 1.63. The molecule has 1 amide bonds. The molecule has 0 atom stereocenters. The van der Waals surface area contributed by atoms with Gasteiger partial charge in [-0.15, -0.1) is 0 Å². The quantitative estimate of drug-likeness (QED) is 0.822. The fourth-order valence-corrected chi connectivity index (χ4v) is 3.93. The Labute approximate surface area is 158 Å². The van der Waals surface area contributed by atoms with E-state index in [1.807, 2.05) is 12.1 Å². The molecule has 1 saturated heterocycles. The van der Waals surface area contributed by atoms with E-state index < -0.39 is 21.7 Å². The Morgan fingerprint density at radius 2 is 1.67 bits per heavy atom. The lowest BCUT2D eigenvalue weighted by Gasteiger charge is -2.23. The summed E-state index contributed by atoms with van der Waals surface area (Å²) in [6, 6.07) is 12.4. The summed E-state index contributed by atoms with van der Waals surface area (Å²) in [5, 5.41) is 2.58. The molecule has 1 N–H and O–H groups in total. The van der Waals surface area contributed by atoms with Gasteiger partial charge in [0.15, 0.2) is 0 Å². The van der Waals surface area contributed by atoms with Crippen molar-refractivity contribution in [3.05, 3.63) is 54.3 Å². The fraction of sp³-hybridized carbons (Fsp3) is 0.316. The molecule has 144 valence electrons. The molecule has 3 rings (SSSR count). The summed E-state index contributed by atoms with van der Waals surface area (Å²) >= 11 is 0. The lowest BCUT2D eigenvalue weighted by atomic mass is 10.2. The lowest BCUT2D eigenvalue weighted by molar-refractivity contribution is -0.114. The van der Waals surface area contributed by atoms with E-state index in [9.17, 15) is 17.6 Å². The van der Waals surface area contributed by atoms with Gasteiger partial charge >= 0.3 is 0 Å². The normalized spacial score (nSPS) is 14.2. The zero-order valence-electron chi connectivity index (χ0n) is 15.1. The Morgan fingerprint density at radius 1 is 1.07 bits per heavy atom. The number of benzene rings is 2. The highest BCUT2D eigenvalue weighted by molar-refractivity contribution is 7.92. The molecule has 1 fully saturated rings. The van der Waals surface area contributed by atoms with Crippen LogP contribution in [0.5, 0.6) is 0 Å². The van der Waals surface area contributed by atoms with Gasteiger partial charge in [0.2, 0.25) is 15.9 Å². The topological polar surface area (TPSA) is 69.7 Å². The highest BCUT2D eigenvalue weighted by atomic mass is 32.2. The minimum atomic E-state index is -3.65. The molecule has 0 saturated carbocycles. The first-order valence-electron chi connectivity index (χ1n) is 8.71. The molecule has 0 aliphatic carbocycles. The van der Waals surface area contributed by atoms with Gasteiger partial charge in [0.25, 0.3) is 0 Å². The van der Waals surface area contributed by atoms with E-state index in [-0.39, 0.29) is 6.54 Å². The van der Waals surface area contributed by atoms with Gasteiger partial charge in [-0.3, -0.25) is 9.10 Å². The van der Waals surface area contributed by atoms with Crippen molar-refractivity contribution in [2.45, 2.75) is 12.8 Å². The zero-order chi connectivity index (χ0) is 19.4. The van der Waals surface area contributed by atoms with Crippen LogP contribution in [-0.4, -0.2) is 40.2 Å². The third-order valence-corrected chi connectivity index (χ3v) is 5.57. The van der Waals surface area contributed by atoms with Crippen molar-refractivity contribution in [1.29, 1.82) is 0 Å². The van der Waals surface area contributed by atoms with Crippen LogP contribution in [0.3, 0.4) is 0 Å². The molecule has 0 spiro atoms. The molecular weight excluding hydrogens is 369 g/mol. The summed E-state index contributed by atoms with van der Waals surface area (Å²) in [5.41, 5.74) is 1.87. The second-order valence-electron chi connectivity index (χ2n) is 6.54.